The molecule has 0 spiro atoms. The molecule has 21 heavy (non-hydrogen) atoms. The van der Waals surface area contributed by atoms with Gasteiger partial charge in [0.25, 0.3) is 0 Å². The van der Waals surface area contributed by atoms with Crippen molar-refractivity contribution in [3.63, 3.8) is 0 Å². The second-order valence-electron chi connectivity index (χ2n) is 5.65. The molecule has 1 atom stereocenters. The standard InChI is InChI=1S/C16H24N2O2.ClH/c1-16(8-3-4-9-18-16)15(19)17-11-13-6-5-7-14(10-13)12-20-2;/h5-7,10,18H,3-4,8-9,11-12H2,1-2H3,(H,17,19);1H. The average molecular weight is 313 g/mol. The third-order valence-electron chi connectivity index (χ3n) is 3.88. The first-order valence-electron chi connectivity index (χ1n) is 7.24. The summed E-state index contributed by atoms with van der Waals surface area (Å²) in [4.78, 5) is 12.3. The molecule has 1 aliphatic heterocycles. The van der Waals surface area contributed by atoms with Gasteiger partial charge in [-0.25, -0.2) is 0 Å². The predicted octanol–water partition coefficient (Wildman–Crippen LogP) is 2.40. The van der Waals surface area contributed by atoms with Crippen LogP contribution in [0.5, 0.6) is 0 Å². The summed E-state index contributed by atoms with van der Waals surface area (Å²) in [7, 11) is 1.68. The highest BCUT2D eigenvalue weighted by atomic mass is 35.5. The van der Waals surface area contributed by atoms with Crippen LogP contribution in [0, 0.1) is 0 Å². The number of methoxy groups -OCH3 is 1. The van der Waals surface area contributed by atoms with Crippen molar-refractivity contribution in [2.24, 2.45) is 0 Å². The number of nitrogens with one attached hydrogen (secondary N) is 2. The van der Waals surface area contributed by atoms with Crippen LogP contribution in [0.2, 0.25) is 0 Å². The molecule has 0 radical (unpaired) electrons. The number of carbonyl (C=O) groups excluding carboxylic acids is 1. The fourth-order valence-electron chi connectivity index (χ4n) is 2.62. The van der Waals surface area contributed by atoms with Crippen LogP contribution in [0.3, 0.4) is 0 Å². The van der Waals surface area contributed by atoms with Gasteiger partial charge in [-0.2, -0.15) is 0 Å². The number of piperidine rings is 1. The minimum Gasteiger partial charge on any atom is -0.380 e. The fourth-order valence-corrected chi connectivity index (χ4v) is 2.62. The van der Waals surface area contributed by atoms with Crippen molar-refractivity contribution in [3.05, 3.63) is 35.4 Å². The van der Waals surface area contributed by atoms with Crippen molar-refractivity contribution in [2.75, 3.05) is 13.7 Å². The molecule has 1 fully saturated rings. The Morgan fingerprint density at radius 2 is 2.14 bits per heavy atom. The van der Waals surface area contributed by atoms with E-state index in [1.807, 2.05) is 25.1 Å². The molecule has 0 bridgehead atoms. The highest BCUT2D eigenvalue weighted by Crippen LogP contribution is 2.19. The average Bonchev–Trinajstić information content (AvgIpc) is 2.46. The molecule has 118 valence electrons. The molecule has 1 aromatic rings. The molecular formula is C16H25ClN2O2. The molecule has 0 aromatic heterocycles. The topological polar surface area (TPSA) is 50.4 Å². The summed E-state index contributed by atoms with van der Waals surface area (Å²) >= 11 is 0. The minimum atomic E-state index is -0.414. The van der Waals surface area contributed by atoms with Crippen LogP contribution in [0.15, 0.2) is 24.3 Å². The van der Waals surface area contributed by atoms with Gasteiger partial charge in [-0.3, -0.25) is 4.79 Å². The van der Waals surface area contributed by atoms with E-state index in [1.54, 1.807) is 7.11 Å². The molecule has 1 saturated heterocycles. The largest absolute Gasteiger partial charge is 0.380 e. The summed E-state index contributed by atoms with van der Waals surface area (Å²) in [6.07, 6.45) is 3.17. The number of hydrogen-bond acceptors (Lipinski definition) is 3. The van der Waals surface area contributed by atoms with Crippen LogP contribution in [0.1, 0.15) is 37.3 Å². The van der Waals surface area contributed by atoms with Crippen molar-refractivity contribution in [3.8, 4) is 0 Å². The highest BCUT2D eigenvalue weighted by Gasteiger charge is 2.33. The lowest BCUT2D eigenvalue weighted by atomic mass is 9.90. The molecule has 0 saturated carbocycles. The molecule has 2 rings (SSSR count). The van der Waals surface area contributed by atoms with Crippen LogP contribution >= 0.6 is 12.4 Å². The quantitative estimate of drug-likeness (QED) is 0.878. The van der Waals surface area contributed by atoms with E-state index in [4.69, 9.17) is 4.74 Å². The van der Waals surface area contributed by atoms with E-state index in [0.29, 0.717) is 13.2 Å². The Labute approximate surface area is 133 Å². The molecular weight excluding hydrogens is 288 g/mol. The highest BCUT2D eigenvalue weighted by molar-refractivity contribution is 5.86. The Bertz CT molecular complexity index is 459. The Kier molecular flexibility index (Phi) is 7.15. The molecule has 1 aromatic carbocycles. The van der Waals surface area contributed by atoms with Gasteiger partial charge < -0.3 is 15.4 Å². The van der Waals surface area contributed by atoms with Crippen molar-refractivity contribution in [2.45, 2.75) is 44.9 Å². The summed E-state index contributed by atoms with van der Waals surface area (Å²) in [5.74, 6) is 0.0920. The van der Waals surface area contributed by atoms with Crippen molar-refractivity contribution in [1.82, 2.24) is 10.6 Å². The lowest BCUT2D eigenvalue weighted by Crippen LogP contribution is -2.56. The second-order valence-corrected chi connectivity index (χ2v) is 5.65. The van der Waals surface area contributed by atoms with E-state index in [2.05, 4.69) is 16.7 Å². The van der Waals surface area contributed by atoms with Crippen LogP contribution in [-0.2, 0) is 22.7 Å². The molecule has 0 aliphatic carbocycles. The van der Waals surface area contributed by atoms with Crippen LogP contribution in [0.25, 0.3) is 0 Å². The minimum absolute atomic E-state index is 0. The Balaban J connectivity index is 0.00000220. The van der Waals surface area contributed by atoms with Crippen LogP contribution in [0.4, 0.5) is 0 Å². The number of rotatable bonds is 5. The van der Waals surface area contributed by atoms with Gasteiger partial charge >= 0.3 is 0 Å². The number of hydrogen-bond donors (Lipinski definition) is 2. The first kappa shape index (κ1) is 18.0. The Hall–Kier alpha value is -1.10. The van der Waals surface area contributed by atoms with E-state index in [1.165, 1.54) is 0 Å². The number of benzene rings is 1. The van der Waals surface area contributed by atoms with Crippen molar-refractivity contribution < 1.29 is 9.53 Å². The maximum atomic E-state index is 12.3. The summed E-state index contributed by atoms with van der Waals surface area (Å²) < 4.78 is 5.12. The number of halogens is 1. The summed E-state index contributed by atoms with van der Waals surface area (Å²) in [5.41, 5.74) is 1.82. The maximum absolute atomic E-state index is 12.3. The molecule has 5 heteroatoms. The van der Waals surface area contributed by atoms with Crippen molar-refractivity contribution in [1.29, 1.82) is 0 Å². The van der Waals surface area contributed by atoms with Gasteiger partial charge in [-0.15, -0.1) is 12.4 Å². The smallest absolute Gasteiger partial charge is 0.240 e. The van der Waals surface area contributed by atoms with Crippen molar-refractivity contribution >= 4 is 18.3 Å². The monoisotopic (exact) mass is 312 g/mol. The van der Waals surface area contributed by atoms with E-state index >= 15 is 0 Å². The lowest BCUT2D eigenvalue weighted by molar-refractivity contribution is -0.128. The zero-order chi connectivity index (χ0) is 14.4. The summed E-state index contributed by atoms with van der Waals surface area (Å²) in [5, 5.41) is 6.37. The second kappa shape index (κ2) is 8.37. The summed E-state index contributed by atoms with van der Waals surface area (Å²) in [6.45, 7) is 4.07. The number of amides is 1. The SMILES string of the molecule is COCc1cccc(CNC(=O)C2(C)CCCCN2)c1.Cl. The van der Waals surface area contributed by atoms with E-state index in [9.17, 15) is 4.79 Å². The van der Waals surface area contributed by atoms with Crippen LogP contribution in [-0.4, -0.2) is 25.1 Å². The molecule has 1 aliphatic rings. The number of carbonyl (C=O) groups is 1. The Morgan fingerprint density at radius 1 is 1.38 bits per heavy atom. The van der Waals surface area contributed by atoms with Gasteiger partial charge in [0.1, 0.15) is 0 Å². The first-order valence-corrected chi connectivity index (χ1v) is 7.24. The van der Waals surface area contributed by atoms with Gasteiger partial charge in [0, 0.05) is 13.7 Å². The van der Waals surface area contributed by atoms with E-state index < -0.39 is 5.54 Å². The molecule has 4 nitrogen and oxygen atoms in total. The molecule has 1 amide bonds. The zero-order valence-electron chi connectivity index (χ0n) is 12.8. The van der Waals surface area contributed by atoms with E-state index in [0.717, 1.165) is 36.9 Å². The van der Waals surface area contributed by atoms with Crippen LogP contribution < -0.4 is 10.6 Å². The van der Waals surface area contributed by atoms with Gasteiger partial charge in [0.2, 0.25) is 5.91 Å². The van der Waals surface area contributed by atoms with Gasteiger partial charge in [-0.1, -0.05) is 24.3 Å². The lowest BCUT2D eigenvalue weighted by Gasteiger charge is -2.33. The predicted molar refractivity (Wildman–Crippen MR) is 86.5 cm³/mol. The van der Waals surface area contributed by atoms with Gasteiger partial charge in [0.15, 0.2) is 0 Å². The maximum Gasteiger partial charge on any atom is 0.240 e. The number of ether oxygens (including phenoxy) is 1. The van der Waals surface area contributed by atoms with E-state index in [-0.39, 0.29) is 18.3 Å². The molecule has 2 N–H and O–H groups in total. The molecule has 1 unspecified atom stereocenters. The first-order chi connectivity index (χ1) is 9.64. The Morgan fingerprint density at radius 3 is 2.81 bits per heavy atom. The third kappa shape index (κ3) is 4.99. The fraction of sp³-hybridized carbons (Fsp3) is 0.562. The van der Waals surface area contributed by atoms with Gasteiger partial charge in [-0.05, 0) is 43.9 Å². The summed E-state index contributed by atoms with van der Waals surface area (Å²) in [6, 6.07) is 8.12. The third-order valence-corrected chi connectivity index (χ3v) is 3.88. The van der Waals surface area contributed by atoms with Gasteiger partial charge in [0.05, 0.1) is 12.1 Å². The normalized spacial score (nSPS) is 21.4. The zero-order valence-corrected chi connectivity index (χ0v) is 13.6. The molecule has 1 heterocycles.